The molecule has 12 heteroatoms. The number of nitrogens with zero attached hydrogens (tertiary/aromatic N) is 4. The molecular weight excluding hydrogens is 413 g/mol. The number of nitrogens with two attached hydrogens (primary N) is 1. The van der Waals surface area contributed by atoms with Crippen molar-refractivity contribution in [2.45, 2.75) is 30.8 Å². The van der Waals surface area contributed by atoms with Crippen molar-refractivity contribution in [3.8, 4) is 0 Å². The molecule has 2 aliphatic rings. The minimum Gasteiger partial charge on any atom is -0.381 e. The van der Waals surface area contributed by atoms with Gasteiger partial charge in [-0.2, -0.15) is 5.10 Å². The maximum absolute atomic E-state index is 13.6. The lowest BCUT2D eigenvalue weighted by Gasteiger charge is -2.34. The predicted molar refractivity (Wildman–Crippen MR) is 112 cm³/mol. The molecule has 1 saturated heterocycles. The van der Waals surface area contributed by atoms with Crippen LogP contribution in [0.1, 0.15) is 23.2 Å². The zero-order valence-electron chi connectivity index (χ0n) is 16.5. The Balaban J connectivity index is 1.59. The van der Waals surface area contributed by atoms with E-state index in [-0.39, 0.29) is 24.5 Å². The Hall–Kier alpha value is -2.89. The molecule has 0 radical (unpaired) electrons. The molecule has 0 aliphatic carbocycles. The minimum atomic E-state index is -3.17. The summed E-state index contributed by atoms with van der Waals surface area (Å²) in [6, 6.07) is 1.74. The van der Waals surface area contributed by atoms with E-state index in [0.29, 0.717) is 36.7 Å². The van der Waals surface area contributed by atoms with Gasteiger partial charge in [-0.3, -0.25) is 9.78 Å². The summed E-state index contributed by atoms with van der Waals surface area (Å²) in [5, 5.41) is 9.26. The number of halogens is 1. The maximum Gasteiger partial charge on any atom is 0.263 e. The second kappa shape index (κ2) is 7.74. The van der Waals surface area contributed by atoms with E-state index in [9.17, 15) is 17.6 Å². The molecule has 0 bridgehead atoms. The van der Waals surface area contributed by atoms with Crippen LogP contribution in [0.2, 0.25) is 0 Å². The average Bonchev–Trinajstić information content (AvgIpc) is 3.02. The van der Waals surface area contributed by atoms with Crippen molar-refractivity contribution in [1.82, 2.24) is 14.8 Å². The van der Waals surface area contributed by atoms with Crippen LogP contribution in [0.4, 0.5) is 27.4 Å². The topological polar surface area (TPSA) is 135 Å². The number of rotatable bonds is 4. The summed E-state index contributed by atoms with van der Waals surface area (Å²) in [5.74, 6) is -0.117. The molecule has 0 saturated carbocycles. The molecule has 2 unspecified atom stereocenters. The number of carbonyl (C=O) groups is 1. The number of sulfone groups is 1. The fraction of sp³-hybridized carbons (Fsp3) is 0.500. The van der Waals surface area contributed by atoms with Gasteiger partial charge in [0.25, 0.3) is 5.91 Å². The summed E-state index contributed by atoms with van der Waals surface area (Å²) in [5.41, 5.74) is 7.19. The summed E-state index contributed by atoms with van der Waals surface area (Å²) in [6.07, 6.45) is 4.58. The molecule has 4 N–H and O–H groups in total. The van der Waals surface area contributed by atoms with Crippen molar-refractivity contribution in [3.05, 3.63) is 24.0 Å². The number of anilines is 4. The number of nitrogen functional groups attached to an aromatic ring is 1. The summed E-state index contributed by atoms with van der Waals surface area (Å²) >= 11 is 0. The first-order valence-corrected chi connectivity index (χ1v) is 11.6. The van der Waals surface area contributed by atoms with Gasteiger partial charge in [0.1, 0.15) is 17.6 Å². The van der Waals surface area contributed by atoms with Gasteiger partial charge >= 0.3 is 0 Å². The Labute approximate surface area is 173 Å². The number of carbonyl (C=O) groups excluding carboxylic acids is 1. The number of amides is 1. The SMILES string of the molecule is CS(=O)(=O)C1CCCN(c2ccncc2NC(=O)c2c(N)nn3c2NCC(F)C3)C1. The summed E-state index contributed by atoms with van der Waals surface area (Å²) in [7, 11) is -3.17. The fourth-order valence-corrected chi connectivity index (χ4v) is 4.97. The number of hydrogen-bond donors (Lipinski definition) is 3. The lowest BCUT2D eigenvalue weighted by Crippen LogP contribution is -2.42. The Morgan fingerprint density at radius 2 is 2.20 bits per heavy atom. The van der Waals surface area contributed by atoms with E-state index >= 15 is 0 Å². The fourth-order valence-electron chi connectivity index (χ4n) is 3.93. The molecule has 10 nitrogen and oxygen atoms in total. The highest BCUT2D eigenvalue weighted by molar-refractivity contribution is 7.91. The Morgan fingerprint density at radius 1 is 1.40 bits per heavy atom. The van der Waals surface area contributed by atoms with Gasteiger partial charge in [-0.15, -0.1) is 0 Å². The summed E-state index contributed by atoms with van der Waals surface area (Å²) in [4.78, 5) is 19.0. The van der Waals surface area contributed by atoms with E-state index in [1.54, 1.807) is 12.3 Å². The zero-order chi connectivity index (χ0) is 21.5. The molecule has 1 fully saturated rings. The molecule has 0 spiro atoms. The van der Waals surface area contributed by atoms with Crippen molar-refractivity contribution in [1.29, 1.82) is 0 Å². The van der Waals surface area contributed by atoms with Crippen LogP contribution in [0, 0.1) is 0 Å². The van der Waals surface area contributed by atoms with E-state index < -0.39 is 27.2 Å². The molecule has 4 rings (SSSR count). The van der Waals surface area contributed by atoms with Gasteiger partial charge in [-0.05, 0) is 18.9 Å². The number of pyridine rings is 1. The van der Waals surface area contributed by atoms with E-state index in [2.05, 4.69) is 20.7 Å². The molecule has 2 aromatic heterocycles. The highest BCUT2D eigenvalue weighted by Crippen LogP contribution is 2.31. The van der Waals surface area contributed by atoms with E-state index in [1.165, 1.54) is 17.1 Å². The summed E-state index contributed by atoms with van der Waals surface area (Å²) < 4.78 is 39.0. The Kier molecular flexibility index (Phi) is 5.26. The largest absolute Gasteiger partial charge is 0.381 e. The van der Waals surface area contributed by atoms with Gasteiger partial charge in [-0.1, -0.05) is 0 Å². The second-order valence-electron chi connectivity index (χ2n) is 7.66. The van der Waals surface area contributed by atoms with Crippen LogP contribution in [0.25, 0.3) is 0 Å². The smallest absolute Gasteiger partial charge is 0.263 e. The molecule has 2 atom stereocenters. The minimum absolute atomic E-state index is 0.00431. The standard InChI is InChI=1S/C18H24FN7O3S/c1-30(28,29)12-3-2-6-25(10-12)14-4-5-21-8-13(14)23-18(27)15-16(20)24-26-9-11(19)7-22-17(15)26/h4-5,8,11-12,22H,2-3,6-7,9-10H2,1H3,(H2,20,24)(H,23,27). The van der Waals surface area contributed by atoms with Crippen LogP contribution in [-0.2, 0) is 16.4 Å². The van der Waals surface area contributed by atoms with Gasteiger partial charge in [-0.25, -0.2) is 17.5 Å². The number of piperidine rings is 1. The van der Waals surface area contributed by atoms with Crippen molar-refractivity contribution >= 4 is 38.8 Å². The Morgan fingerprint density at radius 3 is 2.97 bits per heavy atom. The van der Waals surface area contributed by atoms with Gasteiger partial charge in [0, 0.05) is 32.1 Å². The highest BCUT2D eigenvalue weighted by Gasteiger charge is 2.30. The van der Waals surface area contributed by atoms with Crippen molar-refractivity contribution in [3.63, 3.8) is 0 Å². The quantitative estimate of drug-likeness (QED) is 0.642. The molecule has 30 heavy (non-hydrogen) atoms. The lowest BCUT2D eigenvalue weighted by molar-refractivity contribution is 0.102. The van der Waals surface area contributed by atoms with Crippen LogP contribution in [0.5, 0.6) is 0 Å². The predicted octanol–water partition coefficient (Wildman–Crippen LogP) is 0.890. The van der Waals surface area contributed by atoms with E-state index in [1.807, 2.05) is 4.90 Å². The molecule has 0 aromatic carbocycles. The van der Waals surface area contributed by atoms with E-state index in [0.717, 1.165) is 6.42 Å². The zero-order valence-corrected chi connectivity index (χ0v) is 17.3. The van der Waals surface area contributed by atoms with Crippen LogP contribution in [-0.4, -0.2) is 66.4 Å². The van der Waals surface area contributed by atoms with Gasteiger partial charge in [0.15, 0.2) is 15.7 Å². The van der Waals surface area contributed by atoms with Crippen molar-refractivity contribution in [2.24, 2.45) is 0 Å². The van der Waals surface area contributed by atoms with Crippen molar-refractivity contribution < 1.29 is 17.6 Å². The third kappa shape index (κ3) is 3.91. The lowest BCUT2D eigenvalue weighted by atomic mass is 10.1. The molecule has 2 aliphatic heterocycles. The second-order valence-corrected chi connectivity index (χ2v) is 9.98. The van der Waals surface area contributed by atoms with Gasteiger partial charge in [0.2, 0.25) is 0 Å². The highest BCUT2D eigenvalue weighted by atomic mass is 32.2. The van der Waals surface area contributed by atoms with Crippen LogP contribution < -0.4 is 21.3 Å². The molecule has 4 heterocycles. The maximum atomic E-state index is 13.6. The first-order chi connectivity index (χ1) is 14.2. The molecule has 1 amide bonds. The molecule has 162 valence electrons. The number of aromatic nitrogens is 3. The van der Waals surface area contributed by atoms with E-state index in [4.69, 9.17) is 5.73 Å². The third-order valence-corrected chi connectivity index (χ3v) is 7.03. The number of alkyl halides is 1. The summed E-state index contributed by atoms with van der Waals surface area (Å²) in [6.45, 7) is 1.11. The monoisotopic (exact) mass is 437 g/mol. The van der Waals surface area contributed by atoms with Crippen molar-refractivity contribution in [2.75, 3.05) is 47.2 Å². The molecule has 2 aromatic rings. The first kappa shape index (κ1) is 20.4. The average molecular weight is 438 g/mol. The third-order valence-electron chi connectivity index (χ3n) is 5.44. The molecular formula is C18H24FN7O3S. The van der Waals surface area contributed by atoms with Crippen LogP contribution in [0.3, 0.4) is 0 Å². The van der Waals surface area contributed by atoms with Crippen LogP contribution >= 0.6 is 0 Å². The first-order valence-electron chi connectivity index (χ1n) is 9.67. The van der Waals surface area contributed by atoms with Gasteiger partial charge < -0.3 is 21.3 Å². The normalized spacial score (nSPS) is 21.6. The number of hydrogen-bond acceptors (Lipinski definition) is 8. The van der Waals surface area contributed by atoms with Crippen LogP contribution in [0.15, 0.2) is 18.5 Å². The number of fused-ring (bicyclic) bond motifs is 1. The number of nitrogens with one attached hydrogen (secondary N) is 2. The van der Waals surface area contributed by atoms with Gasteiger partial charge in [0.05, 0.1) is 29.4 Å². The Bertz CT molecular complexity index is 1070.